The minimum Gasteiger partial charge on any atom is -0.322 e. The van der Waals surface area contributed by atoms with Crippen molar-refractivity contribution in [1.29, 1.82) is 0 Å². The summed E-state index contributed by atoms with van der Waals surface area (Å²) in [5, 5.41) is 2.66. The smallest absolute Gasteiger partial charge is 0.255 e. The van der Waals surface area contributed by atoms with E-state index >= 15 is 0 Å². The summed E-state index contributed by atoms with van der Waals surface area (Å²) in [5.74, 6) is -0.600. The van der Waals surface area contributed by atoms with Crippen LogP contribution in [0.3, 0.4) is 0 Å². The molecule has 92 valence electrons. The summed E-state index contributed by atoms with van der Waals surface area (Å²) in [7, 11) is 0. The Kier molecular flexibility index (Phi) is 3.72. The lowest BCUT2D eigenvalue weighted by Crippen LogP contribution is -2.11. The molecule has 0 saturated heterocycles. The number of hydrogen-bond acceptors (Lipinski definition) is 1. The van der Waals surface area contributed by atoms with Crippen molar-refractivity contribution >= 4 is 11.6 Å². The van der Waals surface area contributed by atoms with E-state index in [1.54, 1.807) is 24.3 Å². The fourth-order valence-corrected chi connectivity index (χ4v) is 1.66. The van der Waals surface area contributed by atoms with Crippen LogP contribution in [0, 0.1) is 5.82 Å². The third-order valence-corrected chi connectivity index (χ3v) is 2.71. The SMILES string of the molecule is CCc1ccc(C(=O)Nc2cccc(F)c2)cc1. The quantitative estimate of drug-likeness (QED) is 0.876. The number of benzene rings is 2. The molecule has 0 aliphatic carbocycles. The number of halogens is 1. The zero-order chi connectivity index (χ0) is 13.0. The zero-order valence-electron chi connectivity index (χ0n) is 10.1. The molecule has 2 aromatic carbocycles. The molecule has 2 aromatic rings. The van der Waals surface area contributed by atoms with Crippen molar-refractivity contribution < 1.29 is 9.18 Å². The van der Waals surface area contributed by atoms with Crippen LogP contribution in [0.1, 0.15) is 22.8 Å². The second-order valence-corrected chi connectivity index (χ2v) is 4.01. The first-order valence-electron chi connectivity index (χ1n) is 5.85. The summed E-state index contributed by atoms with van der Waals surface area (Å²) >= 11 is 0. The van der Waals surface area contributed by atoms with E-state index in [0.717, 1.165) is 6.42 Å². The molecule has 0 bridgehead atoms. The lowest BCUT2D eigenvalue weighted by molar-refractivity contribution is 0.102. The van der Waals surface area contributed by atoms with Crippen LogP contribution in [-0.4, -0.2) is 5.91 Å². The molecule has 0 heterocycles. The van der Waals surface area contributed by atoms with E-state index in [4.69, 9.17) is 0 Å². The van der Waals surface area contributed by atoms with Crippen LogP contribution in [-0.2, 0) is 6.42 Å². The molecule has 0 radical (unpaired) electrons. The van der Waals surface area contributed by atoms with E-state index in [9.17, 15) is 9.18 Å². The zero-order valence-corrected chi connectivity index (χ0v) is 10.1. The van der Waals surface area contributed by atoms with Gasteiger partial charge in [-0.3, -0.25) is 4.79 Å². The number of amides is 1. The summed E-state index contributed by atoms with van der Waals surface area (Å²) < 4.78 is 13.0. The molecule has 0 fully saturated rings. The Morgan fingerprint density at radius 3 is 2.50 bits per heavy atom. The van der Waals surface area contributed by atoms with Crippen molar-refractivity contribution in [2.75, 3.05) is 5.32 Å². The Hall–Kier alpha value is -2.16. The van der Waals surface area contributed by atoms with Crippen LogP contribution in [0.2, 0.25) is 0 Å². The van der Waals surface area contributed by atoms with E-state index in [1.165, 1.54) is 17.7 Å². The second kappa shape index (κ2) is 5.45. The molecule has 0 saturated carbocycles. The summed E-state index contributed by atoms with van der Waals surface area (Å²) in [6.45, 7) is 2.06. The van der Waals surface area contributed by atoms with Crippen molar-refractivity contribution in [3.05, 3.63) is 65.5 Å². The Morgan fingerprint density at radius 1 is 1.17 bits per heavy atom. The van der Waals surface area contributed by atoms with Crippen LogP contribution in [0.5, 0.6) is 0 Å². The minimum absolute atomic E-state index is 0.233. The molecule has 0 unspecified atom stereocenters. The van der Waals surface area contributed by atoms with E-state index in [1.807, 2.05) is 12.1 Å². The van der Waals surface area contributed by atoms with Crippen LogP contribution in [0.15, 0.2) is 48.5 Å². The maximum absolute atomic E-state index is 13.0. The molecule has 2 rings (SSSR count). The number of carbonyl (C=O) groups is 1. The number of rotatable bonds is 3. The molecule has 1 N–H and O–H groups in total. The summed E-state index contributed by atoms with van der Waals surface area (Å²) in [6.07, 6.45) is 0.936. The third-order valence-electron chi connectivity index (χ3n) is 2.71. The van der Waals surface area contributed by atoms with Crippen LogP contribution < -0.4 is 5.32 Å². The van der Waals surface area contributed by atoms with Gasteiger partial charge in [0.2, 0.25) is 0 Å². The fraction of sp³-hybridized carbons (Fsp3) is 0.133. The van der Waals surface area contributed by atoms with E-state index < -0.39 is 0 Å². The number of anilines is 1. The first kappa shape index (κ1) is 12.3. The van der Waals surface area contributed by atoms with Crippen LogP contribution in [0.4, 0.5) is 10.1 Å². The highest BCUT2D eigenvalue weighted by molar-refractivity contribution is 6.04. The predicted molar refractivity (Wildman–Crippen MR) is 70.2 cm³/mol. The molecule has 0 atom stereocenters. The largest absolute Gasteiger partial charge is 0.322 e. The number of hydrogen-bond donors (Lipinski definition) is 1. The predicted octanol–water partition coefficient (Wildman–Crippen LogP) is 3.64. The second-order valence-electron chi connectivity index (χ2n) is 4.01. The molecule has 3 heteroatoms. The van der Waals surface area contributed by atoms with Gasteiger partial charge in [-0.15, -0.1) is 0 Å². The Bertz CT molecular complexity index is 549. The van der Waals surface area contributed by atoms with E-state index in [-0.39, 0.29) is 11.7 Å². The Labute approximate surface area is 105 Å². The number of carbonyl (C=O) groups excluding carboxylic acids is 1. The van der Waals surface area contributed by atoms with Crippen LogP contribution >= 0.6 is 0 Å². The highest BCUT2D eigenvalue weighted by Gasteiger charge is 2.06. The molecular weight excluding hydrogens is 229 g/mol. The molecule has 2 nitrogen and oxygen atoms in total. The van der Waals surface area contributed by atoms with Gasteiger partial charge in [0, 0.05) is 11.3 Å². The monoisotopic (exact) mass is 243 g/mol. The normalized spacial score (nSPS) is 10.1. The van der Waals surface area contributed by atoms with E-state index in [0.29, 0.717) is 11.3 Å². The van der Waals surface area contributed by atoms with E-state index in [2.05, 4.69) is 12.2 Å². The lowest BCUT2D eigenvalue weighted by Gasteiger charge is -2.05. The van der Waals surface area contributed by atoms with Gasteiger partial charge in [0.25, 0.3) is 5.91 Å². The Morgan fingerprint density at radius 2 is 1.89 bits per heavy atom. The highest BCUT2D eigenvalue weighted by Crippen LogP contribution is 2.12. The number of nitrogens with one attached hydrogen (secondary N) is 1. The highest BCUT2D eigenvalue weighted by atomic mass is 19.1. The Balaban J connectivity index is 2.11. The summed E-state index contributed by atoms with van der Waals surface area (Å²) in [5.41, 5.74) is 2.20. The van der Waals surface area contributed by atoms with Gasteiger partial charge in [-0.05, 0) is 42.3 Å². The molecule has 0 spiro atoms. The molecule has 1 amide bonds. The maximum Gasteiger partial charge on any atom is 0.255 e. The van der Waals surface area contributed by atoms with Crippen molar-refractivity contribution in [3.63, 3.8) is 0 Å². The van der Waals surface area contributed by atoms with Gasteiger partial charge in [0.1, 0.15) is 5.82 Å². The van der Waals surface area contributed by atoms with Gasteiger partial charge in [0.15, 0.2) is 0 Å². The number of aryl methyl sites for hydroxylation is 1. The molecule has 0 aliphatic rings. The average Bonchev–Trinajstić information content (AvgIpc) is 2.39. The van der Waals surface area contributed by atoms with Gasteiger partial charge in [-0.2, -0.15) is 0 Å². The van der Waals surface area contributed by atoms with Gasteiger partial charge in [0.05, 0.1) is 0 Å². The average molecular weight is 243 g/mol. The van der Waals surface area contributed by atoms with Crippen molar-refractivity contribution in [2.45, 2.75) is 13.3 Å². The first-order valence-corrected chi connectivity index (χ1v) is 5.85. The molecule has 0 aromatic heterocycles. The maximum atomic E-state index is 13.0. The lowest BCUT2D eigenvalue weighted by atomic mass is 10.1. The molecular formula is C15H14FNO. The van der Waals surface area contributed by atoms with Gasteiger partial charge in [-0.25, -0.2) is 4.39 Å². The summed E-state index contributed by atoms with van der Waals surface area (Å²) in [4.78, 5) is 11.9. The van der Waals surface area contributed by atoms with Gasteiger partial charge < -0.3 is 5.32 Å². The van der Waals surface area contributed by atoms with Crippen molar-refractivity contribution in [2.24, 2.45) is 0 Å². The summed E-state index contributed by atoms with van der Waals surface area (Å²) in [6, 6.07) is 13.2. The third kappa shape index (κ3) is 2.94. The fourth-order valence-electron chi connectivity index (χ4n) is 1.66. The minimum atomic E-state index is -0.367. The molecule has 18 heavy (non-hydrogen) atoms. The van der Waals surface area contributed by atoms with Gasteiger partial charge in [-0.1, -0.05) is 25.1 Å². The van der Waals surface area contributed by atoms with Crippen LogP contribution in [0.25, 0.3) is 0 Å². The topological polar surface area (TPSA) is 29.1 Å². The molecule has 0 aliphatic heterocycles. The first-order chi connectivity index (χ1) is 8.69. The standard InChI is InChI=1S/C15H14FNO/c1-2-11-6-8-12(9-7-11)15(18)17-14-5-3-4-13(16)10-14/h3-10H,2H2,1H3,(H,17,18). The van der Waals surface area contributed by atoms with Gasteiger partial charge >= 0.3 is 0 Å². The van der Waals surface area contributed by atoms with Crippen molar-refractivity contribution in [3.8, 4) is 0 Å². The van der Waals surface area contributed by atoms with Crippen molar-refractivity contribution in [1.82, 2.24) is 0 Å².